The fourth-order valence-electron chi connectivity index (χ4n) is 4.97. The van der Waals surface area contributed by atoms with Crippen LogP contribution in [0.25, 0.3) is 0 Å². The van der Waals surface area contributed by atoms with Gasteiger partial charge in [0.2, 0.25) is 5.91 Å². The number of likely N-dealkylation sites (tertiary alicyclic amines) is 2. The molecule has 0 radical (unpaired) electrons. The molecule has 2 saturated heterocycles. The minimum Gasteiger partial charge on any atom is -0.493 e. The summed E-state index contributed by atoms with van der Waals surface area (Å²) in [6, 6.07) is 10.1. The molecule has 0 unspecified atom stereocenters. The number of methoxy groups -OCH3 is 2. The molecule has 31 heavy (non-hydrogen) atoms. The topological polar surface area (TPSA) is 54.9 Å². The van der Waals surface area contributed by atoms with E-state index in [-0.39, 0.29) is 5.41 Å². The first kappa shape index (κ1) is 21.6. The summed E-state index contributed by atoms with van der Waals surface area (Å²) in [5.41, 5.74) is 2.24. The maximum Gasteiger partial charge on any atom is 0.229 e. The van der Waals surface area contributed by atoms with Gasteiger partial charge in [0.25, 0.3) is 0 Å². The van der Waals surface area contributed by atoms with E-state index < -0.39 is 0 Å². The largest absolute Gasteiger partial charge is 0.493 e. The molecule has 1 aromatic carbocycles. The molecule has 6 heteroatoms. The number of carbonyl (C=O) groups excluding carboxylic acids is 1. The van der Waals surface area contributed by atoms with Crippen LogP contribution < -0.4 is 9.47 Å². The van der Waals surface area contributed by atoms with Crippen LogP contribution in [-0.2, 0) is 17.8 Å². The molecule has 0 aliphatic carbocycles. The van der Waals surface area contributed by atoms with Gasteiger partial charge in [0, 0.05) is 25.5 Å². The van der Waals surface area contributed by atoms with Crippen LogP contribution in [0.2, 0.25) is 0 Å². The van der Waals surface area contributed by atoms with Crippen molar-refractivity contribution in [1.29, 1.82) is 0 Å². The van der Waals surface area contributed by atoms with Crippen LogP contribution in [0.5, 0.6) is 11.5 Å². The lowest BCUT2D eigenvalue weighted by Crippen LogP contribution is -2.44. The molecule has 0 saturated carbocycles. The Morgan fingerprint density at radius 3 is 2.48 bits per heavy atom. The zero-order valence-corrected chi connectivity index (χ0v) is 18.7. The number of aryl methyl sites for hydroxylation is 1. The van der Waals surface area contributed by atoms with Crippen molar-refractivity contribution in [2.75, 3.05) is 40.4 Å². The summed E-state index contributed by atoms with van der Waals surface area (Å²) >= 11 is 0. The van der Waals surface area contributed by atoms with E-state index in [1.807, 2.05) is 29.3 Å². The van der Waals surface area contributed by atoms with Gasteiger partial charge in [0.05, 0.1) is 19.6 Å². The minimum absolute atomic E-state index is 0.137. The van der Waals surface area contributed by atoms with Gasteiger partial charge in [-0.25, -0.2) is 0 Å². The Labute approximate surface area is 185 Å². The molecular formula is C25H33N3O3. The molecule has 2 aliphatic rings. The third kappa shape index (κ3) is 4.85. The Morgan fingerprint density at radius 1 is 1.00 bits per heavy atom. The summed E-state index contributed by atoms with van der Waals surface area (Å²) in [5.74, 6) is 1.91. The molecule has 1 amide bonds. The quantitative estimate of drug-likeness (QED) is 0.650. The average Bonchev–Trinajstić information content (AvgIpc) is 3.10. The van der Waals surface area contributed by atoms with Gasteiger partial charge in [0.15, 0.2) is 11.5 Å². The monoisotopic (exact) mass is 423 g/mol. The summed E-state index contributed by atoms with van der Waals surface area (Å²) in [6.45, 7) is 4.64. The number of ether oxygens (including phenoxy) is 2. The SMILES string of the molecule is COc1ccc(CCCN2CCC3(CC2)CCN(Cc2cccnc2)C3=O)cc1OC. The number of aromatic nitrogens is 1. The Hall–Kier alpha value is -2.60. The van der Waals surface area contributed by atoms with Gasteiger partial charge < -0.3 is 19.3 Å². The van der Waals surface area contributed by atoms with Crippen molar-refractivity contribution < 1.29 is 14.3 Å². The number of hydrogen-bond donors (Lipinski definition) is 0. The average molecular weight is 424 g/mol. The third-order valence-corrected chi connectivity index (χ3v) is 6.90. The van der Waals surface area contributed by atoms with E-state index in [4.69, 9.17) is 9.47 Å². The Bertz CT molecular complexity index is 879. The van der Waals surface area contributed by atoms with E-state index in [2.05, 4.69) is 22.0 Å². The summed E-state index contributed by atoms with van der Waals surface area (Å²) in [6.07, 6.45) is 8.70. The van der Waals surface area contributed by atoms with Crippen molar-refractivity contribution in [2.45, 2.75) is 38.6 Å². The number of hydrogen-bond acceptors (Lipinski definition) is 5. The second-order valence-corrected chi connectivity index (χ2v) is 8.75. The standard InChI is InChI=1S/C25H33N3O3/c1-30-22-8-7-20(17-23(22)31-2)6-4-13-27-14-9-25(10-15-27)11-16-28(24(25)29)19-21-5-3-12-26-18-21/h3,5,7-8,12,17-18H,4,6,9-11,13-16,19H2,1-2H3. The maximum atomic E-state index is 13.2. The molecule has 4 rings (SSSR count). The Kier molecular flexibility index (Phi) is 6.76. The highest BCUT2D eigenvalue weighted by Crippen LogP contribution is 2.42. The van der Waals surface area contributed by atoms with Crippen LogP contribution in [0.15, 0.2) is 42.7 Å². The molecule has 2 aliphatic heterocycles. The minimum atomic E-state index is -0.137. The molecule has 0 atom stereocenters. The highest BCUT2D eigenvalue weighted by molar-refractivity contribution is 5.85. The van der Waals surface area contributed by atoms with E-state index in [1.54, 1.807) is 20.4 Å². The second kappa shape index (κ2) is 9.69. The van der Waals surface area contributed by atoms with Crippen molar-refractivity contribution >= 4 is 5.91 Å². The van der Waals surface area contributed by atoms with Crippen LogP contribution in [0.1, 0.15) is 36.8 Å². The van der Waals surface area contributed by atoms with Crippen molar-refractivity contribution in [1.82, 2.24) is 14.8 Å². The number of rotatable bonds is 8. The lowest BCUT2D eigenvalue weighted by Gasteiger charge is -2.38. The number of carbonyl (C=O) groups is 1. The molecule has 1 aromatic heterocycles. The third-order valence-electron chi connectivity index (χ3n) is 6.90. The van der Waals surface area contributed by atoms with Gasteiger partial charge in [-0.05, 0) is 81.1 Å². The van der Waals surface area contributed by atoms with Gasteiger partial charge in [-0.3, -0.25) is 9.78 Å². The number of nitrogens with zero attached hydrogens (tertiary/aromatic N) is 3. The van der Waals surface area contributed by atoms with Gasteiger partial charge in [-0.1, -0.05) is 12.1 Å². The lowest BCUT2D eigenvalue weighted by atomic mass is 9.77. The summed E-state index contributed by atoms with van der Waals surface area (Å²) in [7, 11) is 3.33. The number of benzene rings is 1. The molecule has 1 spiro atoms. The summed E-state index contributed by atoms with van der Waals surface area (Å²) in [4.78, 5) is 21.9. The van der Waals surface area contributed by atoms with Crippen molar-refractivity contribution in [3.05, 3.63) is 53.9 Å². The molecular weight excluding hydrogens is 390 g/mol. The molecule has 3 heterocycles. The van der Waals surface area contributed by atoms with Crippen LogP contribution in [0.4, 0.5) is 0 Å². The first-order valence-corrected chi connectivity index (χ1v) is 11.2. The van der Waals surface area contributed by atoms with Crippen LogP contribution in [0, 0.1) is 5.41 Å². The number of amides is 1. The fourth-order valence-corrected chi connectivity index (χ4v) is 4.97. The van der Waals surface area contributed by atoms with E-state index >= 15 is 0 Å². The fraction of sp³-hybridized carbons (Fsp3) is 0.520. The van der Waals surface area contributed by atoms with Gasteiger partial charge in [0.1, 0.15) is 0 Å². The molecule has 2 fully saturated rings. The first-order valence-electron chi connectivity index (χ1n) is 11.2. The van der Waals surface area contributed by atoms with Crippen LogP contribution in [0.3, 0.4) is 0 Å². The second-order valence-electron chi connectivity index (χ2n) is 8.75. The molecule has 0 bridgehead atoms. The normalized spacial score (nSPS) is 18.5. The summed E-state index contributed by atoms with van der Waals surface area (Å²) in [5, 5.41) is 0. The Morgan fingerprint density at radius 2 is 1.77 bits per heavy atom. The van der Waals surface area contributed by atoms with Gasteiger partial charge in [-0.2, -0.15) is 0 Å². The number of piperidine rings is 1. The van der Waals surface area contributed by atoms with Crippen molar-refractivity contribution in [3.8, 4) is 11.5 Å². The highest BCUT2D eigenvalue weighted by Gasteiger charge is 2.47. The zero-order valence-electron chi connectivity index (χ0n) is 18.7. The molecule has 166 valence electrons. The van der Waals surface area contributed by atoms with E-state index in [1.165, 1.54) is 5.56 Å². The smallest absolute Gasteiger partial charge is 0.229 e. The summed E-state index contributed by atoms with van der Waals surface area (Å²) < 4.78 is 10.7. The predicted molar refractivity (Wildman–Crippen MR) is 120 cm³/mol. The highest BCUT2D eigenvalue weighted by atomic mass is 16.5. The Balaban J connectivity index is 1.24. The van der Waals surface area contributed by atoms with Crippen LogP contribution >= 0.6 is 0 Å². The molecule has 6 nitrogen and oxygen atoms in total. The van der Waals surface area contributed by atoms with Crippen molar-refractivity contribution in [2.24, 2.45) is 5.41 Å². The van der Waals surface area contributed by atoms with E-state index in [9.17, 15) is 4.79 Å². The van der Waals surface area contributed by atoms with E-state index in [0.717, 1.165) is 75.3 Å². The number of pyridine rings is 1. The lowest BCUT2D eigenvalue weighted by molar-refractivity contribution is -0.138. The van der Waals surface area contributed by atoms with Gasteiger partial charge in [-0.15, -0.1) is 0 Å². The molecule has 2 aromatic rings. The zero-order chi connectivity index (χ0) is 21.7. The van der Waals surface area contributed by atoms with Gasteiger partial charge >= 0.3 is 0 Å². The van der Waals surface area contributed by atoms with E-state index in [0.29, 0.717) is 12.5 Å². The predicted octanol–water partition coefficient (Wildman–Crippen LogP) is 3.55. The maximum absolute atomic E-state index is 13.2. The first-order chi connectivity index (χ1) is 15.1. The molecule has 0 N–H and O–H groups in total. The van der Waals surface area contributed by atoms with Crippen molar-refractivity contribution in [3.63, 3.8) is 0 Å². The van der Waals surface area contributed by atoms with Crippen LogP contribution in [-0.4, -0.2) is 61.1 Å².